The van der Waals surface area contributed by atoms with E-state index >= 15 is 0 Å². The number of hydrogen-bond donors (Lipinski definition) is 2. The van der Waals surface area contributed by atoms with Crippen molar-refractivity contribution in [1.82, 2.24) is 15.6 Å². The monoisotopic (exact) mass is 281 g/mol. The second kappa shape index (κ2) is 5.31. The highest BCUT2D eigenvalue weighted by Gasteiger charge is 2.53. The van der Waals surface area contributed by atoms with Crippen LogP contribution >= 0.6 is 36.2 Å². The molecule has 1 aliphatic carbocycles. The first-order valence-corrected chi connectivity index (χ1v) is 5.70. The highest BCUT2D eigenvalue weighted by molar-refractivity contribution is 7.07. The summed E-state index contributed by atoms with van der Waals surface area (Å²) in [5.41, 5.74) is 2.23. The average Bonchev–Trinajstić information content (AvgIpc) is 2.75. The molecule has 2 unspecified atom stereocenters. The van der Waals surface area contributed by atoms with Crippen molar-refractivity contribution in [2.24, 2.45) is 11.8 Å². The molecule has 0 aromatic carbocycles. The zero-order valence-electron chi connectivity index (χ0n) is 8.38. The quantitative estimate of drug-likeness (QED) is 0.848. The van der Waals surface area contributed by atoms with Crippen LogP contribution in [0.25, 0.3) is 0 Å². The third-order valence-electron chi connectivity index (χ3n) is 3.05. The summed E-state index contributed by atoms with van der Waals surface area (Å²) < 4.78 is 0. The molecule has 16 heavy (non-hydrogen) atoms. The number of rotatable bonds is 2. The van der Waals surface area contributed by atoms with Crippen molar-refractivity contribution in [3.8, 4) is 0 Å². The van der Waals surface area contributed by atoms with Gasteiger partial charge in [-0.15, -0.1) is 36.2 Å². The summed E-state index contributed by atoms with van der Waals surface area (Å²) in [7, 11) is 0. The number of amides is 1. The van der Waals surface area contributed by atoms with Crippen LogP contribution in [-0.4, -0.2) is 30.0 Å². The van der Waals surface area contributed by atoms with Gasteiger partial charge in [0, 0.05) is 24.5 Å². The highest BCUT2D eigenvalue weighted by Crippen LogP contribution is 2.41. The molecule has 0 radical (unpaired) electrons. The number of piperidine rings is 1. The van der Waals surface area contributed by atoms with Gasteiger partial charge in [-0.2, -0.15) is 0 Å². The number of carbonyl (C=O) groups excluding carboxylic acids is 1. The zero-order chi connectivity index (χ0) is 9.54. The lowest BCUT2D eigenvalue weighted by Crippen LogP contribution is -2.32. The first-order valence-electron chi connectivity index (χ1n) is 4.76. The van der Waals surface area contributed by atoms with Gasteiger partial charge in [0.25, 0.3) is 5.91 Å². The first kappa shape index (κ1) is 13.7. The van der Waals surface area contributed by atoms with Crippen molar-refractivity contribution in [1.29, 1.82) is 0 Å². The van der Waals surface area contributed by atoms with Crippen molar-refractivity contribution in [3.05, 3.63) is 16.6 Å². The minimum Gasteiger partial charge on any atom is -0.347 e. The van der Waals surface area contributed by atoms with Gasteiger partial charge in [-0.3, -0.25) is 4.79 Å². The number of thiazole rings is 1. The fraction of sp³-hybridized carbons (Fsp3) is 0.556. The molecule has 1 saturated heterocycles. The maximum atomic E-state index is 11.6. The van der Waals surface area contributed by atoms with E-state index in [9.17, 15) is 4.79 Å². The number of aromatic nitrogens is 1. The van der Waals surface area contributed by atoms with Crippen molar-refractivity contribution in [2.75, 3.05) is 13.1 Å². The van der Waals surface area contributed by atoms with Crippen LogP contribution in [0.3, 0.4) is 0 Å². The van der Waals surface area contributed by atoms with E-state index in [-0.39, 0.29) is 30.7 Å². The number of nitrogens with zero attached hydrogens (tertiary/aromatic N) is 1. The third-order valence-corrected chi connectivity index (χ3v) is 3.64. The molecule has 3 rings (SSSR count). The maximum Gasteiger partial charge on any atom is 0.270 e. The third kappa shape index (κ3) is 2.32. The van der Waals surface area contributed by atoms with Crippen LogP contribution in [0, 0.1) is 11.8 Å². The number of carbonyl (C=O) groups is 1. The lowest BCUT2D eigenvalue weighted by Gasteiger charge is -2.05. The molecule has 0 bridgehead atoms. The predicted octanol–water partition coefficient (Wildman–Crippen LogP) is 0.934. The zero-order valence-corrected chi connectivity index (χ0v) is 10.8. The van der Waals surface area contributed by atoms with Crippen LogP contribution in [0.1, 0.15) is 10.5 Å². The summed E-state index contributed by atoms with van der Waals surface area (Å²) >= 11 is 1.45. The van der Waals surface area contributed by atoms with E-state index in [2.05, 4.69) is 15.6 Å². The van der Waals surface area contributed by atoms with Gasteiger partial charge in [-0.25, -0.2) is 4.98 Å². The standard InChI is InChI=1S/C9H11N3OS.2ClH/c13-9(7-3-14-4-11-7)12-8-5-1-10-2-6(5)8;;/h3-6,8,10H,1-2H2,(H,12,13);2*1H. The molecule has 2 atom stereocenters. The average molecular weight is 282 g/mol. The Balaban J connectivity index is 0.000000640. The van der Waals surface area contributed by atoms with Crippen molar-refractivity contribution in [2.45, 2.75) is 6.04 Å². The second-order valence-electron chi connectivity index (χ2n) is 3.86. The molecule has 2 N–H and O–H groups in total. The number of hydrogen-bond acceptors (Lipinski definition) is 4. The molecule has 1 aromatic rings. The summed E-state index contributed by atoms with van der Waals surface area (Å²) in [5.74, 6) is 1.31. The van der Waals surface area contributed by atoms with E-state index in [1.165, 1.54) is 11.3 Å². The van der Waals surface area contributed by atoms with E-state index in [1.54, 1.807) is 10.9 Å². The molecule has 0 spiro atoms. The lowest BCUT2D eigenvalue weighted by atomic mass is 10.4. The van der Waals surface area contributed by atoms with E-state index < -0.39 is 0 Å². The Morgan fingerprint density at radius 3 is 2.69 bits per heavy atom. The summed E-state index contributed by atoms with van der Waals surface area (Å²) in [6, 6.07) is 0.394. The first-order chi connectivity index (χ1) is 6.86. The van der Waals surface area contributed by atoms with Crippen molar-refractivity contribution < 1.29 is 4.79 Å². The summed E-state index contributed by atoms with van der Waals surface area (Å²) in [4.78, 5) is 15.6. The molecule has 1 aromatic heterocycles. The van der Waals surface area contributed by atoms with Gasteiger partial charge in [-0.05, 0) is 11.8 Å². The van der Waals surface area contributed by atoms with Gasteiger partial charge in [-0.1, -0.05) is 0 Å². The van der Waals surface area contributed by atoms with Crippen LogP contribution in [0.2, 0.25) is 0 Å². The van der Waals surface area contributed by atoms with E-state index in [1.807, 2.05) is 0 Å². The topological polar surface area (TPSA) is 54.0 Å². The Morgan fingerprint density at radius 2 is 2.12 bits per heavy atom. The van der Waals surface area contributed by atoms with Crippen LogP contribution < -0.4 is 10.6 Å². The Hall–Kier alpha value is -0.360. The van der Waals surface area contributed by atoms with Crippen LogP contribution in [0.15, 0.2) is 10.9 Å². The number of fused-ring (bicyclic) bond motifs is 1. The second-order valence-corrected chi connectivity index (χ2v) is 4.58. The van der Waals surface area contributed by atoms with Crippen molar-refractivity contribution in [3.63, 3.8) is 0 Å². The molecule has 1 saturated carbocycles. The highest BCUT2D eigenvalue weighted by atomic mass is 35.5. The Bertz CT molecular complexity index is 350. The normalized spacial score (nSPS) is 29.6. The maximum absolute atomic E-state index is 11.6. The Morgan fingerprint density at radius 1 is 1.44 bits per heavy atom. The largest absolute Gasteiger partial charge is 0.347 e. The van der Waals surface area contributed by atoms with E-state index in [4.69, 9.17) is 0 Å². The molecular weight excluding hydrogens is 269 g/mol. The molecule has 90 valence electrons. The fourth-order valence-electron chi connectivity index (χ4n) is 2.18. The van der Waals surface area contributed by atoms with Crippen LogP contribution in [0.5, 0.6) is 0 Å². The number of halogens is 2. The summed E-state index contributed by atoms with van der Waals surface area (Å²) in [5, 5.41) is 8.10. The molecule has 2 heterocycles. The minimum atomic E-state index is -0.0225. The van der Waals surface area contributed by atoms with Crippen LogP contribution in [-0.2, 0) is 0 Å². The van der Waals surface area contributed by atoms with Gasteiger partial charge in [0.15, 0.2) is 0 Å². The van der Waals surface area contributed by atoms with Crippen LogP contribution in [0.4, 0.5) is 0 Å². The Labute approximate surface area is 110 Å². The molecule has 7 heteroatoms. The predicted molar refractivity (Wildman–Crippen MR) is 67.7 cm³/mol. The fourth-order valence-corrected chi connectivity index (χ4v) is 2.71. The Kier molecular flexibility index (Phi) is 4.55. The summed E-state index contributed by atoms with van der Waals surface area (Å²) in [6.07, 6.45) is 0. The van der Waals surface area contributed by atoms with Gasteiger partial charge in [0.2, 0.25) is 0 Å². The molecule has 1 aliphatic heterocycles. The molecule has 2 aliphatic rings. The van der Waals surface area contributed by atoms with Gasteiger partial charge in [0.05, 0.1) is 5.51 Å². The smallest absolute Gasteiger partial charge is 0.270 e. The molecular formula is C9H13Cl2N3OS. The minimum absolute atomic E-state index is 0. The van der Waals surface area contributed by atoms with Gasteiger partial charge < -0.3 is 10.6 Å². The van der Waals surface area contributed by atoms with Gasteiger partial charge >= 0.3 is 0 Å². The molecule has 2 fully saturated rings. The van der Waals surface area contributed by atoms with E-state index in [0.717, 1.165) is 13.1 Å². The molecule has 1 amide bonds. The number of nitrogens with one attached hydrogen (secondary N) is 2. The summed E-state index contributed by atoms with van der Waals surface area (Å²) in [6.45, 7) is 2.10. The molecule has 4 nitrogen and oxygen atoms in total. The van der Waals surface area contributed by atoms with Gasteiger partial charge in [0.1, 0.15) is 5.69 Å². The van der Waals surface area contributed by atoms with E-state index in [0.29, 0.717) is 23.6 Å². The lowest BCUT2D eigenvalue weighted by molar-refractivity contribution is 0.0942. The van der Waals surface area contributed by atoms with Crippen molar-refractivity contribution >= 4 is 42.1 Å². The SMILES string of the molecule is Cl.Cl.O=C(NC1C2CNCC21)c1cscn1.